The van der Waals surface area contributed by atoms with Gasteiger partial charge in [-0.15, -0.1) is 0 Å². The van der Waals surface area contributed by atoms with Gasteiger partial charge in [-0.25, -0.2) is 4.98 Å². The van der Waals surface area contributed by atoms with Gasteiger partial charge in [0.2, 0.25) is 5.91 Å². The van der Waals surface area contributed by atoms with Crippen LogP contribution in [0.4, 0.5) is 18.9 Å². The van der Waals surface area contributed by atoms with E-state index in [9.17, 15) is 23.2 Å². The van der Waals surface area contributed by atoms with Gasteiger partial charge in [0.15, 0.2) is 5.11 Å². The predicted octanol–water partition coefficient (Wildman–Crippen LogP) is 8.58. The molecule has 1 aromatic heterocycles. The Balaban J connectivity index is 1.25. The van der Waals surface area contributed by atoms with Gasteiger partial charge in [0, 0.05) is 37.2 Å². The number of amides is 1. The van der Waals surface area contributed by atoms with E-state index in [0.717, 1.165) is 22.8 Å². The Morgan fingerprint density at radius 2 is 1.55 bits per heavy atom. The minimum atomic E-state index is -4.59. The third-order valence-corrected chi connectivity index (χ3v) is 9.71. The maximum Gasteiger partial charge on any atom is 0.416 e. The average Bonchev–Trinajstić information content (AvgIpc) is 3.66. The number of nitrogens with zero attached hydrogens (tertiary/aromatic N) is 4. The van der Waals surface area contributed by atoms with Crippen molar-refractivity contribution >= 4 is 28.9 Å². The standard InChI is InChI=1S/C45H41F3N6O3S/c1-56-40-21-17-37(18-22-40)52-44(58)53(28-36-9-5-6-10-42(36)45(46,47)48)29-38(23-32-15-19-41(20-16-32)57-30-35-7-3-2-4-8-35)51-43(55)24-39-26-50-31-54(39)27-34-13-11-33(25-49)12-14-34/h2-22,26,31,38H,23-24,27-30H2,1H3,(H,51,55)(H,52,58)/t38-/m0/s1. The van der Waals surface area contributed by atoms with E-state index in [2.05, 4.69) is 21.7 Å². The molecular formula is C45H41F3N6O3S. The Bertz CT molecular complexity index is 2310. The summed E-state index contributed by atoms with van der Waals surface area (Å²) in [6, 6.07) is 38.4. The SMILES string of the molecule is COc1ccc(NC(=S)N(Cc2ccccc2C(F)(F)F)C[C@H](Cc2ccc(OCc3ccccc3)cc2)NC(=O)Cc2cncn2Cc2ccc(C#N)cc2)cc1. The van der Waals surface area contributed by atoms with Gasteiger partial charge in [0.1, 0.15) is 18.1 Å². The summed E-state index contributed by atoms with van der Waals surface area (Å²) in [4.78, 5) is 19.8. The number of anilines is 1. The van der Waals surface area contributed by atoms with Gasteiger partial charge < -0.3 is 29.6 Å². The molecule has 296 valence electrons. The van der Waals surface area contributed by atoms with Gasteiger partial charge in [0.25, 0.3) is 0 Å². The molecule has 1 heterocycles. The molecule has 9 nitrogen and oxygen atoms in total. The van der Waals surface area contributed by atoms with Crippen LogP contribution in [-0.4, -0.2) is 45.2 Å². The van der Waals surface area contributed by atoms with E-state index >= 15 is 0 Å². The summed E-state index contributed by atoms with van der Waals surface area (Å²) in [7, 11) is 1.55. The van der Waals surface area contributed by atoms with E-state index in [1.54, 1.807) is 67.0 Å². The number of hydrogen-bond donors (Lipinski definition) is 2. The summed E-state index contributed by atoms with van der Waals surface area (Å²) in [5, 5.41) is 15.7. The molecule has 0 saturated heterocycles. The lowest BCUT2D eigenvalue weighted by atomic mass is 10.0. The molecule has 0 saturated carbocycles. The van der Waals surface area contributed by atoms with E-state index in [1.165, 1.54) is 12.1 Å². The third kappa shape index (κ3) is 11.7. The number of methoxy groups -OCH3 is 1. The summed E-state index contributed by atoms with van der Waals surface area (Å²) < 4.78 is 55.8. The fourth-order valence-corrected chi connectivity index (χ4v) is 6.63. The highest BCUT2D eigenvalue weighted by Crippen LogP contribution is 2.32. The minimum absolute atomic E-state index is 0.00943. The van der Waals surface area contributed by atoms with Crippen molar-refractivity contribution in [2.24, 2.45) is 0 Å². The van der Waals surface area contributed by atoms with Crippen LogP contribution in [0.1, 0.15) is 39.1 Å². The van der Waals surface area contributed by atoms with Crippen molar-refractivity contribution in [2.45, 2.75) is 44.8 Å². The minimum Gasteiger partial charge on any atom is -0.497 e. The largest absolute Gasteiger partial charge is 0.497 e. The second kappa shape index (κ2) is 19.5. The number of ether oxygens (including phenoxy) is 2. The first-order chi connectivity index (χ1) is 28.1. The number of nitriles is 1. The Labute approximate surface area is 340 Å². The molecule has 0 spiro atoms. The predicted molar refractivity (Wildman–Crippen MR) is 220 cm³/mol. The summed E-state index contributed by atoms with van der Waals surface area (Å²) in [5.74, 6) is 0.989. The monoisotopic (exact) mass is 802 g/mol. The number of rotatable bonds is 16. The van der Waals surface area contributed by atoms with Crippen LogP contribution in [0.15, 0.2) is 140 Å². The Hall–Kier alpha value is -6.65. The van der Waals surface area contributed by atoms with Crippen molar-refractivity contribution in [3.63, 3.8) is 0 Å². The number of imidazole rings is 1. The molecule has 13 heteroatoms. The zero-order valence-corrected chi connectivity index (χ0v) is 32.5. The molecule has 5 aromatic carbocycles. The second-order valence-electron chi connectivity index (χ2n) is 13.6. The molecule has 0 aliphatic carbocycles. The van der Waals surface area contributed by atoms with E-state index in [0.29, 0.717) is 48.0 Å². The molecule has 6 aromatic rings. The zero-order chi connectivity index (χ0) is 40.9. The lowest BCUT2D eigenvalue weighted by molar-refractivity contribution is -0.138. The van der Waals surface area contributed by atoms with Gasteiger partial charge in [0.05, 0.1) is 43.1 Å². The number of aromatic nitrogens is 2. The lowest BCUT2D eigenvalue weighted by Gasteiger charge is -2.31. The van der Waals surface area contributed by atoms with Gasteiger partial charge in [-0.1, -0.05) is 72.8 Å². The Morgan fingerprint density at radius 3 is 2.24 bits per heavy atom. The van der Waals surface area contributed by atoms with Crippen LogP contribution in [-0.2, 0) is 43.5 Å². The lowest BCUT2D eigenvalue weighted by Crippen LogP contribution is -2.48. The maximum absolute atomic E-state index is 14.2. The Kier molecular flexibility index (Phi) is 13.8. The zero-order valence-electron chi connectivity index (χ0n) is 31.7. The molecule has 1 amide bonds. The van der Waals surface area contributed by atoms with Crippen LogP contribution in [0.2, 0.25) is 0 Å². The number of hydrogen-bond acceptors (Lipinski definition) is 6. The Morgan fingerprint density at radius 1 is 0.879 bits per heavy atom. The van der Waals surface area contributed by atoms with Gasteiger partial charge in [-0.05, 0) is 95.5 Å². The molecular weight excluding hydrogens is 762 g/mol. The molecule has 1 atom stereocenters. The van der Waals surface area contributed by atoms with E-state index < -0.39 is 17.8 Å². The van der Waals surface area contributed by atoms with Crippen LogP contribution in [0.25, 0.3) is 0 Å². The van der Waals surface area contributed by atoms with Crippen molar-refractivity contribution in [3.8, 4) is 17.6 Å². The third-order valence-electron chi connectivity index (χ3n) is 9.35. The fourth-order valence-electron chi connectivity index (χ4n) is 6.37. The number of carbonyl (C=O) groups is 1. The second-order valence-corrected chi connectivity index (χ2v) is 14.0. The smallest absolute Gasteiger partial charge is 0.416 e. The van der Waals surface area contributed by atoms with Crippen LogP contribution in [0.5, 0.6) is 11.5 Å². The van der Waals surface area contributed by atoms with Crippen LogP contribution < -0.4 is 20.1 Å². The normalized spacial score (nSPS) is 11.6. The number of benzene rings is 5. The highest BCUT2D eigenvalue weighted by molar-refractivity contribution is 7.80. The van der Waals surface area contributed by atoms with Crippen molar-refractivity contribution in [2.75, 3.05) is 19.0 Å². The number of nitrogens with one attached hydrogen (secondary N) is 2. The highest BCUT2D eigenvalue weighted by atomic mass is 32.1. The molecule has 0 unspecified atom stereocenters. The van der Waals surface area contributed by atoms with Crippen LogP contribution in [0, 0.1) is 11.3 Å². The number of halogens is 3. The summed E-state index contributed by atoms with van der Waals surface area (Å²) >= 11 is 5.87. The van der Waals surface area contributed by atoms with Crippen molar-refractivity contribution in [1.29, 1.82) is 5.26 Å². The number of thiocarbonyl (C=S) groups is 1. The van der Waals surface area contributed by atoms with Gasteiger partial charge in [-0.2, -0.15) is 18.4 Å². The molecule has 2 N–H and O–H groups in total. The molecule has 0 bridgehead atoms. The highest BCUT2D eigenvalue weighted by Gasteiger charge is 2.34. The molecule has 0 radical (unpaired) electrons. The summed E-state index contributed by atoms with van der Waals surface area (Å²) in [5.41, 5.74) is 3.91. The molecule has 6 rings (SSSR count). The molecule has 0 aliphatic rings. The first-order valence-corrected chi connectivity index (χ1v) is 18.9. The molecule has 0 aliphatic heterocycles. The van der Waals surface area contributed by atoms with E-state index in [1.807, 2.05) is 71.3 Å². The topological polar surface area (TPSA) is 104 Å². The van der Waals surface area contributed by atoms with Crippen molar-refractivity contribution < 1.29 is 27.4 Å². The summed E-state index contributed by atoms with van der Waals surface area (Å²) in [6.45, 7) is 0.714. The van der Waals surface area contributed by atoms with Crippen LogP contribution >= 0.6 is 12.2 Å². The number of carbonyl (C=O) groups excluding carboxylic acids is 1. The van der Waals surface area contributed by atoms with Gasteiger partial charge >= 0.3 is 6.18 Å². The molecule has 58 heavy (non-hydrogen) atoms. The average molecular weight is 803 g/mol. The van der Waals surface area contributed by atoms with Gasteiger partial charge in [-0.3, -0.25) is 4.79 Å². The number of alkyl halides is 3. The molecule has 0 fully saturated rings. The van der Waals surface area contributed by atoms with E-state index in [-0.39, 0.29) is 36.1 Å². The summed E-state index contributed by atoms with van der Waals surface area (Å²) in [6.07, 6.45) is -1.00. The maximum atomic E-state index is 14.2. The van der Waals surface area contributed by atoms with Crippen LogP contribution in [0.3, 0.4) is 0 Å². The van der Waals surface area contributed by atoms with Crippen molar-refractivity contribution in [1.82, 2.24) is 19.8 Å². The quantitative estimate of drug-likeness (QED) is 0.0939. The first-order valence-electron chi connectivity index (χ1n) is 18.4. The first kappa shape index (κ1) is 41.0. The fraction of sp³-hybridized carbons (Fsp3) is 0.200. The van der Waals surface area contributed by atoms with E-state index in [4.69, 9.17) is 21.7 Å². The van der Waals surface area contributed by atoms with Crippen molar-refractivity contribution in [3.05, 3.63) is 179 Å².